The largest absolute Gasteiger partial charge is 0.310 e. The third-order valence-electron chi connectivity index (χ3n) is 10.2. The molecule has 228 valence electrons. The predicted octanol–water partition coefficient (Wildman–Crippen LogP) is 13.1. The Morgan fingerprint density at radius 3 is 1.71 bits per heavy atom. The molecule has 0 atom stereocenters. The molecule has 0 unspecified atom stereocenters. The smallest absolute Gasteiger partial charge is 0.0468 e. The summed E-state index contributed by atoms with van der Waals surface area (Å²) >= 11 is 0. The summed E-state index contributed by atoms with van der Waals surface area (Å²) in [5.41, 5.74) is 13.7. The molecule has 9 rings (SSSR count). The topological polar surface area (TPSA) is 3.24 Å². The Kier molecular flexibility index (Phi) is 6.55. The lowest BCUT2D eigenvalue weighted by atomic mass is 9.81. The molecule has 0 saturated carbocycles. The van der Waals surface area contributed by atoms with Gasteiger partial charge in [0.2, 0.25) is 0 Å². The maximum Gasteiger partial charge on any atom is 0.0468 e. The summed E-state index contributed by atoms with van der Waals surface area (Å²) in [6, 6.07) is 64.3. The van der Waals surface area contributed by atoms with Gasteiger partial charge in [-0.3, -0.25) is 0 Å². The summed E-state index contributed by atoms with van der Waals surface area (Å²) in [5.74, 6) is 0. The highest BCUT2D eigenvalue weighted by Crippen LogP contribution is 2.50. The van der Waals surface area contributed by atoms with Crippen LogP contribution in [0.15, 0.2) is 176 Å². The van der Waals surface area contributed by atoms with E-state index in [-0.39, 0.29) is 5.41 Å². The Morgan fingerprint density at radius 2 is 0.917 bits per heavy atom. The predicted molar refractivity (Wildman–Crippen MR) is 205 cm³/mol. The molecule has 0 radical (unpaired) electrons. The third kappa shape index (κ3) is 4.54. The van der Waals surface area contributed by atoms with Crippen molar-refractivity contribution in [1.29, 1.82) is 0 Å². The number of hydrogen-bond acceptors (Lipinski definition) is 1. The van der Waals surface area contributed by atoms with Crippen LogP contribution in [0.25, 0.3) is 54.9 Å². The van der Waals surface area contributed by atoms with Crippen molar-refractivity contribution in [2.24, 2.45) is 0 Å². The quantitative estimate of drug-likeness (QED) is 0.175. The monoisotopic (exact) mass is 613 g/mol. The molecule has 8 aromatic carbocycles. The van der Waals surface area contributed by atoms with Crippen LogP contribution in [0, 0.1) is 0 Å². The van der Waals surface area contributed by atoms with Crippen LogP contribution in [0.5, 0.6) is 0 Å². The number of fused-ring (bicyclic) bond motifs is 6. The van der Waals surface area contributed by atoms with Crippen LogP contribution in [-0.2, 0) is 5.41 Å². The van der Waals surface area contributed by atoms with Crippen LogP contribution in [0.2, 0.25) is 0 Å². The maximum absolute atomic E-state index is 2.46. The SMILES string of the molecule is CC1(C)c2ccccc2-c2cc3ccc4ccc(N(c5ccccc5)c5cccc(-c6ccccc6-c6ccccc6)c5)cc4c3cc21. The molecule has 1 nitrogen and oxygen atoms in total. The summed E-state index contributed by atoms with van der Waals surface area (Å²) in [7, 11) is 0. The first-order valence-electron chi connectivity index (χ1n) is 16.8. The van der Waals surface area contributed by atoms with Crippen molar-refractivity contribution in [3.8, 4) is 33.4 Å². The lowest BCUT2D eigenvalue weighted by Gasteiger charge is -2.27. The molecular formula is C47H35N. The summed E-state index contributed by atoms with van der Waals surface area (Å²) < 4.78 is 0. The van der Waals surface area contributed by atoms with E-state index in [2.05, 4.69) is 195 Å². The van der Waals surface area contributed by atoms with Gasteiger partial charge in [-0.15, -0.1) is 0 Å². The van der Waals surface area contributed by atoms with E-state index in [1.807, 2.05) is 0 Å². The van der Waals surface area contributed by atoms with Crippen LogP contribution in [0.4, 0.5) is 17.1 Å². The van der Waals surface area contributed by atoms with Crippen molar-refractivity contribution in [2.75, 3.05) is 4.90 Å². The van der Waals surface area contributed by atoms with Gasteiger partial charge in [0.1, 0.15) is 0 Å². The molecule has 0 saturated heterocycles. The van der Waals surface area contributed by atoms with Crippen molar-refractivity contribution in [3.63, 3.8) is 0 Å². The van der Waals surface area contributed by atoms with Gasteiger partial charge < -0.3 is 4.90 Å². The zero-order valence-electron chi connectivity index (χ0n) is 27.2. The van der Waals surface area contributed by atoms with Crippen molar-refractivity contribution in [2.45, 2.75) is 19.3 Å². The minimum atomic E-state index is -0.0492. The van der Waals surface area contributed by atoms with Gasteiger partial charge in [-0.05, 0) is 115 Å². The lowest BCUT2D eigenvalue weighted by Crippen LogP contribution is -2.14. The fraction of sp³-hybridized carbons (Fsp3) is 0.0638. The average Bonchev–Trinajstić information content (AvgIpc) is 3.37. The molecule has 0 heterocycles. The standard InChI is InChI=1S/C47H35N/c1-47(2)45-23-12-11-22-41(45)44-29-35-25-24-33-26-27-38(30-42(33)43(35)31-46(44)47)48(36-17-7-4-8-18-36)37-19-13-16-34(28-37)40-21-10-9-20-39(40)32-14-5-3-6-15-32/h3-31H,1-2H3. The van der Waals surface area contributed by atoms with E-state index in [0.29, 0.717) is 0 Å². The highest BCUT2D eigenvalue weighted by atomic mass is 15.1. The molecule has 8 aromatic rings. The van der Waals surface area contributed by atoms with Gasteiger partial charge in [-0.25, -0.2) is 0 Å². The van der Waals surface area contributed by atoms with Crippen molar-refractivity contribution in [1.82, 2.24) is 0 Å². The first kappa shape index (κ1) is 28.3. The van der Waals surface area contributed by atoms with E-state index < -0.39 is 0 Å². The van der Waals surface area contributed by atoms with E-state index in [0.717, 1.165) is 17.1 Å². The zero-order chi connectivity index (χ0) is 32.2. The number of anilines is 3. The highest BCUT2D eigenvalue weighted by Gasteiger charge is 2.35. The molecule has 0 bridgehead atoms. The van der Waals surface area contributed by atoms with E-state index in [9.17, 15) is 0 Å². The number of hydrogen-bond donors (Lipinski definition) is 0. The van der Waals surface area contributed by atoms with Crippen molar-refractivity contribution >= 4 is 38.6 Å². The summed E-state index contributed by atoms with van der Waals surface area (Å²) in [4.78, 5) is 2.39. The second-order valence-electron chi connectivity index (χ2n) is 13.4. The fourth-order valence-corrected chi connectivity index (χ4v) is 7.82. The molecule has 1 aliphatic rings. The fourth-order valence-electron chi connectivity index (χ4n) is 7.82. The maximum atomic E-state index is 2.46. The highest BCUT2D eigenvalue weighted by molar-refractivity contribution is 6.11. The Bertz CT molecular complexity index is 2470. The van der Waals surface area contributed by atoms with Crippen molar-refractivity contribution in [3.05, 3.63) is 187 Å². The molecular weight excluding hydrogens is 579 g/mol. The summed E-state index contributed by atoms with van der Waals surface area (Å²) in [6.45, 7) is 4.72. The summed E-state index contributed by atoms with van der Waals surface area (Å²) in [6.07, 6.45) is 0. The minimum Gasteiger partial charge on any atom is -0.310 e. The average molecular weight is 614 g/mol. The van der Waals surface area contributed by atoms with Crippen LogP contribution < -0.4 is 4.90 Å². The number of nitrogens with zero attached hydrogens (tertiary/aromatic N) is 1. The van der Waals surface area contributed by atoms with Gasteiger partial charge >= 0.3 is 0 Å². The second kappa shape index (κ2) is 11.1. The Morgan fingerprint density at radius 1 is 0.354 bits per heavy atom. The second-order valence-corrected chi connectivity index (χ2v) is 13.4. The molecule has 48 heavy (non-hydrogen) atoms. The molecule has 0 amide bonds. The lowest BCUT2D eigenvalue weighted by molar-refractivity contribution is 0.661. The van der Waals surface area contributed by atoms with Crippen molar-refractivity contribution < 1.29 is 0 Å². The van der Waals surface area contributed by atoms with Crippen LogP contribution in [0.3, 0.4) is 0 Å². The van der Waals surface area contributed by atoms with Crippen LogP contribution in [-0.4, -0.2) is 0 Å². The van der Waals surface area contributed by atoms with Gasteiger partial charge in [0.15, 0.2) is 0 Å². The molecule has 0 aromatic heterocycles. The third-order valence-corrected chi connectivity index (χ3v) is 10.2. The zero-order valence-corrected chi connectivity index (χ0v) is 27.2. The number of benzene rings is 8. The first-order chi connectivity index (χ1) is 23.6. The van der Waals surface area contributed by atoms with E-state index in [1.54, 1.807) is 0 Å². The van der Waals surface area contributed by atoms with Crippen LogP contribution in [0.1, 0.15) is 25.0 Å². The Balaban J connectivity index is 1.22. The molecule has 1 aliphatic carbocycles. The molecule has 0 aliphatic heterocycles. The molecule has 1 heteroatoms. The van der Waals surface area contributed by atoms with Gasteiger partial charge in [0, 0.05) is 22.5 Å². The Labute approximate surface area is 282 Å². The van der Waals surface area contributed by atoms with Gasteiger partial charge in [-0.2, -0.15) is 0 Å². The van der Waals surface area contributed by atoms with E-state index in [4.69, 9.17) is 0 Å². The van der Waals surface area contributed by atoms with Crippen LogP contribution >= 0.6 is 0 Å². The Hall–Kier alpha value is -5.92. The molecule has 0 fully saturated rings. The number of para-hydroxylation sites is 1. The summed E-state index contributed by atoms with van der Waals surface area (Å²) in [5, 5.41) is 5.09. The minimum absolute atomic E-state index is 0.0492. The molecule has 0 N–H and O–H groups in total. The molecule has 0 spiro atoms. The normalized spacial score (nSPS) is 13.0. The van der Waals surface area contributed by atoms with Gasteiger partial charge in [0.05, 0.1) is 0 Å². The first-order valence-corrected chi connectivity index (χ1v) is 16.8. The van der Waals surface area contributed by atoms with E-state index >= 15 is 0 Å². The van der Waals surface area contributed by atoms with Gasteiger partial charge in [0.25, 0.3) is 0 Å². The van der Waals surface area contributed by atoms with E-state index in [1.165, 1.54) is 66.1 Å². The number of rotatable bonds is 5. The van der Waals surface area contributed by atoms with Gasteiger partial charge in [-0.1, -0.05) is 141 Å².